The molecule has 3 aromatic carbocycles. The maximum Gasteiger partial charge on any atom is 0.336 e. The molecule has 0 aromatic heterocycles. The van der Waals surface area contributed by atoms with Gasteiger partial charge in [0.1, 0.15) is 0 Å². The highest BCUT2D eigenvalue weighted by Gasteiger charge is 2.39. The van der Waals surface area contributed by atoms with Crippen molar-refractivity contribution in [2.24, 2.45) is 0 Å². The van der Waals surface area contributed by atoms with Crippen LogP contribution in [0.15, 0.2) is 108 Å². The number of non-ortho nitro benzene ring substituents is 1. The Morgan fingerprint density at radius 2 is 1.61 bits per heavy atom. The number of likely N-dealkylation sites (tertiary alicyclic amines) is 1. The molecule has 5 rings (SSSR count). The van der Waals surface area contributed by atoms with Gasteiger partial charge in [-0.05, 0) is 68.9 Å². The molecule has 0 spiro atoms. The number of nitro groups is 1. The van der Waals surface area contributed by atoms with Crippen LogP contribution in [0.4, 0.5) is 5.69 Å². The molecule has 0 saturated carbocycles. The number of nitrogens with one attached hydrogen (secondary N) is 1. The van der Waals surface area contributed by atoms with Crippen molar-refractivity contribution in [3.8, 4) is 0 Å². The number of nitro benzene ring substituents is 1. The fourth-order valence-electron chi connectivity index (χ4n) is 7.10. The summed E-state index contributed by atoms with van der Waals surface area (Å²) >= 11 is 0. The van der Waals surface area contributed by atoms with Gasteiger partial charge < -0.3 is 19.9 Å². The van der Waals surface area contributed by atoms with Gasteiger partial charge in [0.05, 0.1) is 29.2 Å². The van der Waals surface area contributed by atoms with E-state index in [4.69, 9.17) is 4.74 Å². The molecule has 0 aliphatic carbocycles. The highest BCUT2D eigenvalue weighted by atomic mass is 16.6. The Morgan fingerprint density at radius 3 is 2.11 bits per heavy atom. The lowest BCUT2D eigenvalue weighted by Crippen LogP contribution is -2.44. The summed E-state index contributed by atoms with van der Waals surface area (Å²) in [4.78, 5) is 40.9. The van der Waals surface area contributed by atoms with Gasteiger partial charge in [0.15, 0.2) is 0 Å². The molecule has 9 nitrogen and oxygen atoms in total. The SMILES string of the molecule is CCC1=C(N(C=O)CCCN2CCC(c3ccccc3)(c3ccccc3)CC2)C(c2ccc([N+](=O)[O-])cc2)C(C(=O)OC)=C(C)N1. The zero-order valence-electron chi connectivity index (χ0n) is 26.8. The first-order valence-electron chi connectivity index (χ1n) is 15.9. The van der Waals surface area contributed by atoms with Crippen molar-refractivity contribution >= 4 is 18.1 Å². The van der Waals surface area contributed by atoms with Crippen LogP contribution in [0.25, 0.3) is 0 Å². The number of dihydropyridines is 1. The summed E-state index contributed by atoms with van der Waals surface area (Å²) in [7, 11) is 1.33. The molecule has 0 radical (unpaired) electrons. The molecule has 46 heavy (non-hydrogen) atoms. The van der Waals surface area contributed by atoms with Crippen molar-refractivity contribution in [2.75, 3.05) is 33.3 Å². The van der Waals surface area contributed by atoms with E-state index in [1.54, 1.807) is 17.0 Å². The molecule has 1 N–H and O–H groups in total. The van der Waals surface area contributed by atoms with Crippen LogP contribution in [0.5, 0.6) is 0 Å². The largest absolute Gasteiger partial charge is 0.466 e. The minimum Gasteiger partial charge on any atom is -0.466 e. The lowest BCUT2D eigenvalue weighted by molar-refractivity contribution is -0.384. The summed E-state index contributed by atoms with van der Waals surface area (Å²) in [5.41, 5.74) is 5.80. The summed E-state index contributed by atoms with van der Waals surface area (Å²) in [6, 6.07) is 27.7. The summed E-state index contributed by atoms with van der Waals surface area (Å²) in [5, 5.41) is 14.7. The highest BCUT2D eigenvalue weighted by Crippen LogP contribution is 2.43. The van der Waals surface area contributed by atoms with Crippen molar-refractivity contribution in [3.63, 3.8) is 0 Å². The number of carbonyl (C=O) groups excluding carboxylic acids is 2. The third-order valence-electron chi connectivity index (χ3n) is 9.48. The predicted octanol–water partition coefficient (Wildman–Crippen LogP) is 6.28. The highest BCUT2D eigenvalue weighted by molar-refractivity contribution is 5.92. The molecular weight excluding hydrogens is 580 g/mol. The smallest absolute Gasteiger partial charge is 0.336 e. The molecule has 240 valence electrons. The molecule has 1 amide bonds. The number of hydrogen-bond donors (Lipinski definition) is 1. The number of rotatable bonds is 12. The van der Waals surface area contributed by atoms with Crippen molar-refractivity contribution in [3.05, 3.63) is 134 Å². The van der Waals surface area contributed by atoms with Crippen molar-refractivity contribution in [2.45, 2.75) is 50.9 Å². The van der Waals surface area contributed by atoms with Gasteiger partial charge in [0, 0.05) is 35.5 Å². The van der Waals surface area contributed by atoms with E-state index in [1.807, 2.05) is 13.8 Å². The Balaban J connectivity index is 1.34. The molecular formula is C37H42N4O5. The number of methoxy groups -OCH3 is 1. The maximum absolute atomic E-state index is 13.1. The van der Waals surface area contributed by atoms with E-state index in [-0.39, 0.29) is 11.1 Å². The first-order chi connectivity index (χ1) is 22.3. The second-order valence-corrected chi connectivity index (χ2v) is 12.0. The number of esters is 1. The number of allylic oxidation sites excluding steroid dienone is 3. The van der Waals surface area contributed by atoms with Crippen LogP contribution in [0.3, 0.4) is 0 Å². The average Bonchev–Trinajstić information content (AvgIpc) is 3.10. The van der Waals surface area contributed by atoms with Crippen LogP contribution >= 0.6 is 0 Å². The van der Waals surface area contributed by atoms with Crippen LogP contribution in [0, 0.1) is 10.1 Å². The van der Waals surface area contributed by atoms with E-state index in [2.05, 4.69) is 70.9 Å². The first-order valence-corrected chi connectivity index (χ1v) is 15.9. The number of benzene rings is 3. The van der Waals surface area contributed by atoms with Crippen molar-refractivity contribution in [1.82, 2.24) is 15.1 Å². The van der Waals surface area contributed by atoms with E-state index in [0.717, 1.165) is 51.0 Å². The normalized spacial score (nSPS) is 18.1. The lowest BCUT2D eigenvalue weighted by Gasteiger charge is -2.43. The van der Waals surface area contributed by atoms with Crippen LogP contribution < -0.4 is 5.32 Å². The Morgan fingerprint density at radius 1 is 1.02 bits per heavy atom. The van der Waals surface area contributed by atoms with E-state index >= 15 is 0 Å². The minimum absolute atomic E-state index is 0.0328. The molecule has 1 fully saturated rings. The van der Waals surface area contributed by atoms with Gasteiger partial charge in [-0.2, -0.15) is 0 Å². The van der Waals surface area contributed by atoms with Crippen molar-refractivity contribution in [1.29, 1.82) is 0 Å². The second kappa shape index (κ2) is 14.6. The molecule has 1 saturated heterocycles. The molecule has 3 aromatic rings. The van der Waals surface area contributed by atoms with Gasteiger partial charge in [-0.15, -0.1) is 0 Å². The van der Waals surface area contributed by atoms with E-state index in [9.17, 15) is 19.7 Å². The van der Waals surface area contributed by atoms with Gasteiger partial charge >= 0.3 is 5.97 Å². The topological polar surface area (TPSA) is 105 Å². The fraction of sp³-hybridized carbons (Fsp3) is 0.351. The predicted molar refractivity (Wildman–Crippen MR) is 178 cm³/mol. The van der Waals surface area contributed by atoms with Crippen LogP contribution in [-0.2, 0) is 19.7 Å². The van der Waals surface area contributed by atoms with Gasteiger partial charge in [-0.3, -0.25) is 14.9 Å². The summed E-state index contributed by atoms with van der Waals surface area (Å²) in [6.07, 6.45) is 4.17. The lowest BCUT2D eigenvalue weighted by atomic mass is 9.68. The number of carbonyl (C=O) groups is 2. The van der Waals surface area contributed by atoms with Gasteiger partial charge in [0.2, 0.25) is 6.41 Å². The Bertz CT molecular complexity index is 1550. The third-order valence-corrected chi connectivity index (χ3v) is 9.48. The second-order valence-electron chi connectivity index (χ2n) is 12.0. The van der Waals surface area contributed by atoms with E-state index in [1.165, 1.54) is 30.4 Å². The standard InChI is InChI=1S/C37H42N4O5/c1-4-32-35(34(33(27(2)38-32)36(43)46-3)28-16-18-31(19-17-28)41(44)45)40(26-42)23-11-22-39-24-20-37(21-25-39,29-12-7-5-8-13-29)30-14-9-6-10-15-30/h5-10,12-19,26,34,38H,4,11,20-25H2,1-3H3. The molecule has 1 unspecified atom stereocenters. The van der Waals surface area contributed by atoms with Crippen LogP contribution in [0.1, 0.15) is 62.1 Å². The van der Waals surface area contributed by atoms with Crippen molar-refractivity contribution < 1.29 is 19.2 Å². The monoisotopic (exact) mass is 622 g/mol. The Hall–Kier alpha value is -4.76. The summed E-state index contributed by atoms with van der Waals surface area (Å²) in [5.74, 6) is -1.14. The molecule has 2 heterocycles. The minimum atomic E-state index is -0.623. The quantitative estimate of drug-likeness (QED) is 0.110. The maximum atomic E-state index is 13.1. The fourth-order valence-corrected chi connectivity index (χ4v) is 7.10. The average molecular weight is 623 g/mol. The third kappa shape index (κ3) is 6.60. The number of amides is 1. The first kappa shape index (κ1) is 32.6. The zero-order chi connectivity index (χ0) is 32.7. The molecule has 1 atom stereocenters. The van der Waals surface area contributed by atoms with E-state index in [0.29, 0.717) is 35.5 Å². The molecule has 2 aliphatic rings. The van der Waals surface area contributed by atoms with Crippen LogP contribution in [0.2, 0.25) is 0 Å². The summed E-state index contributed by atoms with van der Waals surface area (Å²) < 4.78 is 5.16. The van der Waals surface area contributed by atoms with Crippen LogP contribution in [-0.4, -0.2) is 60.4 Å². The van der Waals surface area contributed by atoms with Gasteiger partial charge in [-0.1, -0.05) is 79.7 Å². The molecule has 9 heteroatoms. The van der Waals surface area contributed by atoms with E-state index < -0.39 is 16.8 Å². The Kier molecular flexibility index (Phi) is 10.3. The van der Waals surface area contributed by atoms with Gasteiger partial charge in [-0.25, -0.2) is 4.79 Å². The number of piperidine rings is 1. The molecule has 0 bridgehead atoms. The number of hydrogen-bond acceptors (Lipinski definition) is 7. The Labute approximate surface area is 270 Å². The number of nitrogens with zero attached hydrogens (tertiary/aromatic N) is 3. The zero-order valence-corrected chi connectivity index (χ0v) is 26.8. The summed E-state index contributed by atoms with van der Waals surface area (Å²) in [6.45, 7) is 6.97. The number of ether oxygens (including phenoxy) is 1. The van der Waals surface area contributed by atoms with Gasteiger partial charge in [0.25, 0.3) is 5.69 Å². The molecule has 2 aliphatic heterocycles.